The van der Waals surface area contributed by atoms with Crippen LogP contribution < -0.4 is 10.1 Å². The second-order valence-corrected chi connectivity index (χ2v) is 4.53. The number of nitrogens with one attached hydrogen (secondary N) is 1. The Kier molecular flexibility index (Phi) is 4.34. The van der Waals surface area contributed by atoms with Crippen LogP contribution in [0.15, 0.2) is 30.3 Å². The van der Waals surface area contributed by atoms with Crippen LogP contribution in [0.1, 0.15) is 17.1 Å². The summed E-state index contributed by atoms with van der Waals surface area (Å²) in [6.45, 7) is 7.22. The molecule has 19 heavy (non-hydrogen) atoms. The fourth-order valence-electron chi connectivity index (χ4n) is 1.86. The molecule has 1 aromatic carbocycles. The third-order valence-electron chi connectivity index (χ3n) is 2.63. The average Bonchev–Trinajstić information content (AvgIpc) is 2.34. The van der Waals surface area contributed by atoms with Gasteiger partial charge in [-0.1, -0.05) is 12.1 Å². The molecule has 0 aliphatic rings. The normalized spacial score (nSPS) is 10.3. The van der Waals surface area contributed by atoms with Gasteiger partial charge in [0, 0.05) is 11.8 Å². The molecule has 0 atom stereocenters. The van der Waals surface area contributed by atoms with Crippen molar-refractivity contribution >= 4 is 5.82 Å². The minimum Gasteiger partial charge on any atom is -0.492 e. The molecule has 0 saturated heterocycles. The topological polar surface area (TPSA) is 47.0 Å². The molecule has 2 aromatic rings. The molecule has 0 spiro atoms. The number of aryl methyl sites for hydroxylation is 3. The molecule has 0 bridgehead atoms. The summed E-state index contributed by atoms with van der Waals surface area (Å²) in [5, 5.41) is 3.24. The van der Waals surface area contributed by atoms with Crippen LogP contribution >= 0.6 is 0 Å². The summed E-state index contributed by atoms with van der Waals surface area (Å²) in [7, 11) is 0. The van der Waals surface area contributed by atoms with Crippen molar-refractivity contribution in [1.82, 2.24) is 9.97 Å². The summed E-state index contributed by atoms with van der Waals surface area (Å²) in [5.41, 5.74) is 2.17. The number of ether oxygens (including phenoxy) is 1. The Morgan fingerprint density at radius 1 is 1.11 bits per heavy atom. The Hall–Kier alpha value is -2.10. The van der Waals surface area contributed by atoms with E-state index in [-0.39, 0.29) is 0 Å². The highest BCUT2D eigenvalue weighted by Gasteiger charge is 1.98. The van der Waals surface area contributed by atoms with Crippen LogP contribution in [0, 0.1) is 20.8 Å². The van der Waals surface area contributed by atoms with Gasteiger partial charge in [0.15, 0.2) is 0 Å². The van der Waals surface area contributed by atoms with Crippen LogP contribution in [0.4, 0.5) is 5.82 Å². The molecule has 0 aliphatic carbocycles. The van der Waals surface area contributed by atoms with E-state index in [2.05, 4.69) is 28.3 Å². The van der Waals surface area contributed by atoms with Crippen molar-refractivity contribution in [2.75, 3.05) is 18.5 Å². The summed E-state index contributed by atoms with van der Waals surface area (Å²) < 4.78 is 5.66. The van der Waals surface area contributed by atoms with Gasteiger partial charge < -0.3 is 10.1 Å². The zero-order chi connectivity index (χ0) is 13.7. The van der Waals surface area contributed by atoms with E-state index >= 15 is 0 Å². The van der Waals surface area contributed by atoms with Crippen molar-refractivity contribution < 1.29 is 4.74 Å². The first-order chi connectivity index (χ1) is 9.13. The monoisotopic (exact) mass is 257 g/mol. The molecule has 4 nitrogen and oxygen atoms in total. The van der Waals surface area contributed by atoms with Gasteiger partial charge in [0.05, 0.1) is 6.54 Å². The van der Waals surface area contributed by atoms with Crippen molar-refractivity contribution in [2.24, 2.45) is 0 Å². The Bertz CT molecular complexity index is 535. The molecule has 1 N–H and O–H groups in total. The Morgan fingerprint density at radius 2 is 1.95 bits per heavy atom. The van der Waals surface area contributed by atoms with Gasteiger partial charge in [-0.2, -0.15) is 0 Å². The van der Waals surface area contributed by atoms with E-state index < -0.39 is 0 Å². The lowest BCUT2D eigenvalue weighted by molar-refractivity contribution is 0.332. The average molecular weight is 257 g/mol. The molecule has 0 unspecified atom stereocenters. The van der Waals surface area contributed by atoms with Crippen molar-refractivity contribution in [3.8, 4) is 5.75 Å². The van der Waals surface area contributed by atoms with Crippen LogP contribution in [0.3, 0.4) is 0 Å². The first kappa shape index (κ1) is 13.3. The lowest BCUT2D eigenvalue weighted by Gasteiger charge is -2.09. The van der Waals surface area contributed by atoms with Gasteiger partial charge in [-0.25, -0.2) is 9.97 Å². The predicted octanol–water partition coefficient (Wildman–Crippen LogP) is 2.89. The zero-order valence-electron chi connectivity index (χ0n) is 11.6. The van der Waals surface area contributed by atoms with E-state index in [1.54, 1.807) is 0 Å². The highest BCUT2D eigenvalue weighted by Crippen LogP contribution is 2.12. The molecule has 100 valence electrons. The van der Waals surface area contributed by atoms with Gasteiger partial charge in [-0.3, -0.25) is 0 Å². The molecular formula is C15H19N3O. The van der Waals surface area contributed by atoms with E-state index in [1.807, 2.05) is 38.1 Å². The first-order valence-electron chi connectivity index (χ1n) is 6.39. The van der Waals surface area contributed by atoms with E-state index in [4.69, 9.17) is 4.74 Å². The molecule has 4 heteroatoms. The maximum atomic E-state index is 5.66. The number of rotatable bonds is 5. The number of hydrogen-bond donors (Lipinski definition) is 1. The van der Waals surface area contributed by atoms with Crippen LogP contribution in [-0.2, 0) is 0 Å². The third-order valence-corrected chi connectivity index (χ3v) is 2.63. The van der Waals surface area contributed by atoms with E-state index in [1.165, 1.54) is 5.56 Å². The van der Waals surface area contributed by atoms with Gasteiger partial charge in [0.1, 0.15) is 24.0 Å². The van der Waals surface area contributed by atoms with Crippen molar-refractivity contribution in [1.29, 1.82) is 0 Å². The van der Waals surface area contributed by atoms with E-state index in [9.17, 15) is 0 Å². The minimum atomic E-state index is 0.603. The molecule has 0 radical (unpaired) electrons. The van der Waals surface area contributed by atoms with Gasteiger partial charge in [-0.15, -0.1) is 0 Å². The maximum Gasteiger partial charge on any atom is 0.130 e. The summed E-state index contributed by atoms with van der Waals surface area (Å²) in [6, 6.07) is 9.97. The summed E-state index contributed by atoms with van der Waals surface area (Å²) in [4.78, 5) is 8.55. The largest absolute Gasteiger partial charge is 0.492 e. The Morgan fingerprint density at radius 3 is 2.68 bits per heavy atom. The van der Waals surface area contributed by atoms with Crippen LogP contribution in [0.5, 0.6) is 5.75 Å². The molecule has 1 heterocycles. The van der Waals surface area contributed by atoms with E-state index in [0.29, 0.717) is 13.2 Å². The minimum absolute atomic E-state index is 0.603. The number of anilines is 1. The third kappa shape index (κ3) is 4.25. The van der Waals surface area contributed by atoms with Crippen LogP contribution in [-0.4, -0.2) is 23.1 Å². The van der Waals surface area contributed by atoms with E-state index in [0.717, 1.165) is 23.1 Å². The molecule has 0 fully saturated rings. The lowest BCUT2D eigenvalue weighted by atomic mass is 10.2. The summed E-state index contributed by atoms with van der Waals surface area (Å²) >= 11 is 0. The molecule has 2 rings (SSSR count). The predicted molar refractivity (Wildman–Crippen MR) is 76.7 cm³/mol. The van der Waals surface area contributed by atoms with Crippen molar-refractivity contribution in [3.05, 3.63) is 47.4 Å². The molecule has 0 saturated carbocycles. The second kappa shape index (κ2) is 6.18. The van der Waals surface area contributed by atoms with Gasteiger partial charge in [0.2, 0.25) is 0 Å². The number of benzene rings is 1. The van der Waals surface area contributed by atoms with Gasteiger partial charge in [-0.05, 0) is 38.5 Å². The molecular weight excluding hydrogens is 238 g/mol. The van der Waals surface area contributed by atoms with Crippen molar-refractivity contribution in [2.45, 2.75) is 20.8 Å². The van der Waals surface area contributed by atoms with Gasteiger partial charge in [0.25, 0.3) is 0 Å². The molecule has 0 amide bonds. The Balaban J connectivity index is 1.80. The zero-order valence-corrected chi connectivity index (χ0v) is 11.6. The number of hydrogen-bond acceptors (Lipinski definition) is 4. The fourth-order valence-corrected chi connectivity index (χ4v) is 1.86. The van der Waals surface area contributed by atoms with Gasteiger partial charge >= 0.3 is 0 Å². The summed E-state index contributed by atoms with van der Waals surface area (Å²) in [6.07, 6.45) is 0. The summed E-state index contributed by atoms with van der Waals surface area (Å²) in [5.74, 6) is 2.52. The first-order valence-corrected chi connectivity index (χ1v) is 6.39. The highest BCUT2D eigenvalue weighted by atomic mass is 16.5. The maximum absolute atomic E-state index is 5.66. The highest BCUT2D eigenvalue weighted by molar-refractivity contribution is 5.35. The quantitative estimate of drug-likeness (QED) is 0.837. The SMILES string of the molecule is Cc1cccc(OCCNc2cc(C)nc(C)n2)c1. The smallest absolute Gasteiger partial charge is 0.130 e. The standard InChI is InChI=1S/C15H19N3O/c1-11-5-4-6-14(9-11)19-8-7-16-15-10-12(2)17-13(3)18-15/h4-6,9-10H,7-8H2,1-3H3,(H,16,17,18). The lowest BCUT2D eigenvalue weighted by Crippen LogP contribution is -2.13. The number of aromatic nitrogens is 2. The second-order valence-electron chi connectivity index (χ2n) is 4.53. The fraction of sp³-hybridized carbons (Fsp3) is 0.333. The van der Waals surface area contributed by atoms with Crippen LogP contribution in [0.25, 0.3) is 0 Å². The Labute approximate surface area is 113 Å². The van der Waals surface area contributed by atoms with Crippen molar-refractivity contribution in [3.63, 3.8) is 0 Å². The molecule has 1 aromatic heterocycles. The molecule has 0 aliphatic heterocycles. The number of nitrogens with zero attached hydrogens (tertiary/aromatic N) is 2. The van der Waals surface area contributed by atoms with Crippen LogP contribution in [0.2, 0.25) is 0 Å².